The highest BCUT2D eigenvalue weighted by Gasteiger charge is 2.27. The van der Waals surface area contributed by atoms with Gasteiger partial charge in [-0.05, 0) is 17.7 Å². The largest absolute Gasteiger partial charge is 0.491 e. The number of nitrogens with one attached hydrogen (secondary N) is 1. The molecule has 0 aliphatic heterocycles. The maximum absolute atomic E-state index is 14.3. The first-order valence-electron chi connectivity index (χ1n) is 7.88. The van der Waals surface area contributed by atoms with Crippen LogP contribution in [0.5, 0.6) is 5.75 Å². The minimum absolute atomic E-state index is 0.149. The highest BCUT2D eigenvalue weighted by atomic mass is 79.9. The number of carboxylic acid groups (broad SMARTS) is 1. The van der Waals surface area contributed by atoms with E-state index in [0.717, 1.165) is 18.4 Å². The molecule has 5 nitrogen and oxygen atoms in total. The third-order valence-corrected chi connectivity index (χ3v) is 5.42. The molecular weight excluding hydrogens is 475 g/mol. The molecule has 3 aromatic rings. The van der Waals surface area contributed by atoms with Crippen LogP contribution in [0, 0.1) is 17.5 Å². The van der Waals surface area contributed by atoms with Crippen molar-refractivity contribution < 1.29 is 32.6 Å². The Morgan fingerprint density at radius 3 is 2.48 bits per heavy atom. The number of thiophene rings is 1. The third-order valence-electron chi connectivity index (χ3n) is 3.90. The van der Waals surface area contributed by atoms with Gasteiger partial charge in [-0.2, -0.15) is 0 Å². The fourth-order valence-corrected chi connectivity index (χ4v) is 4.05. The molecule has 10 heteroatoms. The Morgan fingerprint density at radius 1 is 1.14 bits per heavy atom. The monoisotopic (exact) mass is 485 g/mol. The molecule has 0 radical (unpaired) electrons. The van der Waals surface area contributed by atoms with Gasteiger partial charge in [0.25, 0.3) is 5.91 Å². The molecule has 0 unspecified atom stereocenters. The number of amides is 1. The van der Waals surface area contributed by atoms with Gasteiger partial charge in [0.05, 0.1) is 17.7 Å². The second-order valence-corrected chi connectivity index (χ2v) is 7.48. The number of ether oxygens (including phenoxy) is 1. The number of methoxy groups -OCH3 is 1. The van der Waals surface area contributed by atoms with Gasteiger partial charge in [-0.3, -0.25) is 4.79 Å². The van der Waals surface area contributed by atoms with Crippen LogP contribution in [0.25, 0.3) is 10.4 Å². The molecule has 2 N–H and O–H groups in total. The molecular formula is C19H11BrF3NO4S. The summed E-state index contributed by atoms with van der Waals surface area (Å²) >= 11 is 4.33. The summed E-state index contributed by atoms with van der Waals surface area (Å²) in [5, 5.41) is 13.1. The Hall–Kier alpha value is -2.85. The molecule has 0 spiro atoms. The number of hydrogen-bond donors (Lipinski definition) is 2. The number of rotatable bonds is 5. The van der Waals surface area contributed by atoms with Gasteiger partial charge in [0.1, 0.15) is 16.9 Å². The second-order valence-electron chi connectivity index (χ2n) is 5.69. The van der Waals surface area contributed by atoms with Crippen LogP contribution in [0.1, 0.15) is 20.7 Å². The van der Waals surface area contributed by atoms with Crippen molar-refractivity contribution in [2.75, 3.05) is 12.4 Å². The SMILES string of the molecule is COc1c(F)cc(F)c(C(=O)Nc2csc(-c3cccc(Br)c3)c2C(=O)O)c1F. The lowest BCUT2D eigenvalue weighted by molar-refractivity contribution is 0.0699. The maximum atomic E-state index is 14.3. The predicted octanol–water partition coefficient (Wildman–Crippen LogP) is 5.55. The Bertz CT molecular complexity index is 1130. The van der Waals surface area contributed by atoms with Crippen LogP contribution in [0.4, 0.5) is 18.9 Å². The molecule has 0 saturated carbocycles. The standard InChI is InChI=1S/C19H11BrF3NO4S/c1-28-16-11(22)6-10(21)13(15(16)23)18(25)24-12-7-29-17(14(12)19(26)27)8-3-2-4-9(20)5-8/h2-7H,1H3,(H,24,25)(H,26,27). The van der Waals surface area contributed by atoms with Gasteiger partial charge < -0.3 is 15.2 Å². The Labute approximate surface area is 174 Å². The van der Waals surface area contributed by atoms with Gasteiger partial charge in [0, 0.05) is 15.9 Å². The van der Waals surface area contributed by atoms with Crippen LogP contribution < -0.4 is 10.1 Å². The summed E-state index contributed by atoms with van der Waals surface area (Å²) in [6.07, 6.45) is 0. The molecule has 1 heterocycles. The molecule has 1 amide bonds. The first kappa shape index (κ1) is 20.9. The fourth-order valence-electron chi connectivity index (χ4n) is 2.66. The molecule has 0 bridgehead atoms. The van der Waals surface area contributed by atoms with Crippen molar-refractivity contribution in [3.8, 4) is 16.2 Å². The van der Waals surface area contributed by atoms with E-state index in [4.69, 9.17) is 0 Å². The zero-order valence-electron chi connectivity index (χ0n) is 14.6. The third kappa shape index (κ3) is 3.99. The smallest absolute Gasteiger partial charge is 0.339 e. The number of carboxylic acids is 1. The van der Waals surface area contributed by atoms with Crippen molar-refractivity contribution in [2.45, 2.75) is 0 Å². The van der Waals surface area contributed by atoms with E-state index in [2.05, 4.69) is 26.0 Å². The van der Waals surface area contributed by atoms with Gasteiger partial charge in [-0.15, -0.1) is 11.3 Å². The molecule has 0 aliphatic rings. The van der Waals surface area contributed by atoms with E-state index in [9.17, 15) is 27.9 Å². The van der Waals surface area contributed by atoms with Crippen molar-refractivity contribution in [2.24, 2.45) is 0 Å². The topological polar surface area (TPSA) is 75.6 Å². The quantitative estimate of drug-likeness (QED) is 0.496. The van der Waals surface area contributed by atoms with E-state index in [1.807, 2.05) is 0 Å². The average molecular weight is 486 g/mol. The second kappa shape index (κ2) is 8.26. The van der Waals surface area contributed by atoms with E-state index >= 15 is 0 Å². The average Bonchev–Trinajstić information content (AvgIpc) is 3.05. The van der Waals surface area contributed by atoms with E-state index in [1.54, 1.807) is 24.3 Å². The Kier molecular flexibility index (Phi) is 5.94. The lowest BCUT2D eigenvalue weighted by Gasteiger charge is -2.11. The minimum atomic E-state index is -1.53. The summed E-state index contributed by atoms with van der Waals surface area (Å²) in [6, 6.07) is 7.15. The van der Waals surface area contributed by atoms with E-state index in [0.29, 0.717) is 21.0 Å². The number of carbonyl (C=O) groups excluding carboxylic acids is 1. The van der Waals surface area contributed by atoms with E-state index in [-0.39, 0.29) is 11.3 Å². The van der Waals surface area contributed by atoms with Crippen molar-refractivity contribution in [1.29, 1.82) is 0 Å². The molecule has 150 valence electrons. The van der Waals surface area contributed by atoms with Crippen molar-refractivity contribution in [1.82, 2.24) is 0 Å². The molecule has 0 saturated heterocycles. The van der Waals surface area contributed by atoms with Crippen molar-refractivity contribution in [3.63, 3.8) is 0 Å². The van der Waals surface area contributed by atoms with Crippen LogP contribution in [-0.2, 0) is 0 Å². The Balaban J connectivity index is 2.04. The van der Waals surface area contributed by atoms with Gasteiger partial charge in [-0.25, -0.2) is 18.0 Å². The highest BCUT2D eigenvalue weighted by Crippen LogP contribution is 2.37. The summed E-state index contributed by atoms with van der Waals surface area (Å²) in [5.74, 6) is -7.82. The molecule has 2 aromatic carbocycles. The maximum Gasteiger partial charge on any atom is 0.339 e. The zero-order chi connectivity index (χ0) is 21.3. The van der Waals surface area contributed by atoms with Crippen LogP contribution >= 0.6 is 27.3 Å². The predicted molar refractivity (Wildman–Crippen MR) is 105 cm³/mol. The number of benzene rings is 2. The number of anilines is 1. The number of carbonyl (C=O) groups is 2. The van der Waals surface area contributed by atoms with Gasteiger partial charge >= 0.3 is 5.97 Å². The Morgan fingerprint density at radius 2 is 1.86 bits per heavy atom. The number of halogens is 4. The van der Waals surface area contributed by atoms with Crippen LogP contribution in [-0.4, -0.2) is 24.1 Å². The molecule has 29 heavy (non-hydrogen) atoms. The lowest BCUT2D eigenvalue weighted by Crippen LogP contribution is -2.18. The molecule has 0 fully saturated rings. The van der Waals surface area contributed by atoms with Crippen LogP contribution in [0.15, 0.2) is 40.2 Å². The molecule has 3 rings (SSSR count). The lowest BCUT2D eigenvalue weighted by atomic mass is 10.1. The normalized spacial score (nSPS) is 10.7. The van der Waals surface area contributed by atoms with E-state index < -0.39 is 40.6 Å². The minimum Gasteiger partial charge on any atom is -0.491 e. The molecule has 0 aliphatic carbocycles. The summed E-state index contributed by atoms with van der Waals surface area (Å²) in [5.41, 5.74) is -0.904. The summed E-state index contributed by atoms with van der Waals surface area (Å²) in [7, 11) is 0.965. The number of aromatic carboxylic acids is 1. The van der Waals surface area contributed by atoms with Crippen LogP contribution in [0.3, 0.4) is 0 Å². The summed E-state index contributed by atoms with van der Waals surface area (Å²) in [4.78, 5) is 24.6. The van der Waals surface area contributed by atoms with Gasteiger partial charge in [0.2, 0.25) is 0 Å². The summed E-state index contributed by atoms with van der Waals surface area (Å²) < 4.78 is 47.2. The van der Waals surface area contributed by atoms with Gasteiger partial charge in [-0.1, -0.05) is 28.1 Å². The zero-order valence-corrected chi connectivity index (χ0v) is 17.0. The first-order valence-corrected chi connectivity index (χ1v) is 9.55. The van der Waals surface area contributed by atoms with Gasteiger partial charge in [0.15, 0.2) is 17.4 Å². The summed E-state index contributed by atoms with van der Waals surface area (Å²) in [6.45, 7) is 0. The fraction of sp³-hybridized carbons (Fsp3) is 0.0526. The molecule has 1 aromatic heterocycles. The molecule has 0 atom stereocenters. The highest BCUT2D eigenvalue weighted by molar-refractivity contribution is 9.10. The van der Waals surface area contributed by atoms with E-state index in [1.165, 1.54) is 5.38 Å². The number of hydrogen-bond acceptors (Lipinski definition) is 4. The van der Waals surface area contributed by atoms with Crippen molar-refractivity contribution >= 4 is 44.8 Å². The van der Waals surface area contributed by atoms with Crippen LogP contribution in [0.2, 0.25) is 0 Å². The van der Waals surface area contributed by atoms with Crippen molar-refractivity contribution in [3.05, 3.63) is 68.8 Å². The first-order chi connectivity index (χ1) is 13.7.